The fraction of sp³-hybridized carbons (Fsp3) is 0.0769. The second kappa shape index (κ2) is 6.77. The van der Waals surface area contributed by atoms with Gasteiger partial charge in [0, 0.05) is 17.2 Å². The number of alkyl halides is 3. The minimum absolute atomic E-state index is 0.213. The molecule has 0 unspecified atom stereocenters. The van der Waals surface area contributed by atoms with Gasteiger partial charge in [0.1, 0.15) is 0 Å². The van der Waals surface area contributed by atoms with Crippen LogP contribution < -0.4 is 0 Å². The summed E-state index contributed by atoms with van der Waals surface area (Å²) in [6, 6.07) is 24.2. The van der Waals surface area contributed by atoms with E-state index >= 15 is 0 Å². The monoisotopic (exact) mass is 401 g/mol. The van der Waals surface area contributed by atoms with Crippen LogP contribution in [-0.4, -0.2) is 10.7 Å². The predicted molar refractivity (Wildman–Crippen MR) is 116 cm³/mol. The van der Waals surface area contributed by atoms with Gasteiger partial charge in [0.05, 0.1) is 16.8 Å². The fourth-order valence-corrected chi connectivity index (χ4v) is 4.24. The molecule has 0 bridgehead atoms. The smallest absolute Gasteiger partial charge is 0.315 e. The van der Waals surface area contributed by atoms with Crippen LogP contribution in [0.3, 0.4) is 0 Å². The molecular weight excluding hydrogens is 383 g/mol. The van der Waals surface area contributed by atoms with Gasteiger partial charge in [-0.3, -0.25) is 0 Å². The molecule has 5 rings (SSSR count). The van der Waals surface area contributed by atoms with Crippen LogP contribution in [0.25, 0.3) is 28.2 Å². The van der Waals surface area contributed by atoms with E-state index in [0.717, 1.165) is 22.0 Å². The normalized spacial score (nSPS) is 15.3. The molecule has 1 aliphatic carbocycles. The van der Waals surface area contributed by atoms with E-state index in [0.29, 0.717) is 16.8 Å². The maximum absolute atomic E-state index is 14.2. The Bertz CT molecular complexity index is 1320. The van der Waals surface area contributed by atoms with Gasteiger partial charge in [-0.05, 0) is 41.3 Å². The second-order valence-electron chi connectivity index (χ2n) is 7.43. The van der Waals surface area contributed by atoms with Crippen molar-refractivity contribution in [3.05, 3.63) is 113 Å². The number of allylic oxidation sites excluding steroid dienone is 2. The van der Waals surface area contributed by atoms with E-state index < -0.39 is 11.7 Å². The molecule has 0 aliphatic heterocycles. The van der Waals surface area contributed by atoms with Gasteiger partial charge < -0.3 is 4.57 Å². The van der Waals surface area contributed by atoms with Gasteiger partial charge in [-0.1, -0.05) is 72.8 Å². The molecule has 148 valence electrons. The third-order valence-corrected chi connectivity index (χ3v) is 5.54. The first-order valence-corrected chi connectivity index (χ1v) is 9.70. The summed E-state index contributed by atoms with van der Waals surface area (Å²) in [4.78, 5) is 0. The van der Waals surface area contributed by atoms with E-state index in [2.05, 4.69) is 0 Å². The number of para-hydroxylation sites is 1. The predicted octanol–water partition coefficient (Wildman–Crippen LogP) is 7.33. The molecule has 0 N–H and O–H groups in total. The highest BCUT2D eigenvalue weighted by Crippen LogP contribution is 2.48. The highest BCUT2D eigenvalue weighted by atomic mass is 19.4. The Morgan fingerprint density at radius 2 is 1.47 bits per heavy atom. The van der Waals surface area contributed by atoms with Crippen LogP contribution in [0.4, 0.5) is 13.2 Å². The molecule has 3 aromatic carbocycles. The largest absolute Gasteiger partial charge is 0.417 e. The summed E-state index contributed by atoms with van der Waals surface area (Å²) in [5.41, 5.74) is 3.95. The Morgan fingerprint density at radius 3 is 2.23 bits per heavy atom. The maximum atomic E-state index is 14.2. The lowest BCUT2D eigenvalue weighted by Gasteiger charge is -2.20. The summed E-state index contributed by atoms with van der Waals surface area (Å²) in [5, 5.41) is 1.02. The van der Waals surface area contributed by atoms with Crippen molar-refractivity contribution in [2.24, 2.45) is 0 Å². The Hall–Kier alpha value is -3.53. The Balaban J connectivity index is 1.94. The van der Waals surface area contributed by atoms with Gasteiger partial charge in [-0.2, -0.15) is 13.2 Å². The van der Waals surface area contributed by atoms with Crippen molar-refractivity contribution in [2.75, 3.05) is 0 Å². The number of halogens is 3. The number of nitrogens with zero attached hydrogens (tertiary/aromatic N) is 1. The van der Waals surface area contributed by atoms with Crippen LogP contribution in [0.15, 0.2) is 90.6 Å². The molecule has 0 saturated heterocycles. The van der Waals surface area contributed by atoms with Gasteiger partial charge in [0.25, 0.3) is 0 Å². The molecule has 30 heavy (non-hydrogen) atoms. The Kier molecular flexibility index (Phi) is 4.17. The van der Waals surface area contributed by atoms with E-state index in [-0.39, 0.29) is 5.57 Å². The molecule has 4 heteroatoms. The molecule has 0 saturated carbocycles. The van der Waals surface area contributed by atoms with E-state index in [4.69, 9.17) is 0 Å². The number of hydrogen-bond acceptors (Lipinski definition) is 0. The van der Waals surface area contributed by atoms with Crippen molar-refractivity contribution >= 4 is 28.2 Å². The average Bonchev–Trinajstić information content (AvgIpc) is 3.29. The zero-order valence-corrected chi connectivity index (χ0v) is 16.2. The Labute approximate surface area is 172 Å². The van der Waals surface area contributed by atoms with Crippen LogP contribution >= 0.6 is 0 Å². The summed E-state index contributed by atoms with van der Waals surface area (Å²) in [5.74, 6) is 0. The number of benzene rings is 3. The summed E-state index contributed by atoms with van der Waals surface area (Å²) in [6.07, 6.45) is -1.28. The lowest BCUT2D eigenvalue weighted by molar-refractivity contribution is -0.0859. The molecule has 4 aromatic rings. The van der Waals surface area contributed by atoms with Crippen molar-refractivity contribution in [1.29, 1.82) is 0 Å². The third kappa shape index (κ3) is 2.88. The first kappa shape index (κ1) is 18.5. The summed E-state index contributed by atoms with van der Waals surface area (Å²) < 4.78 is 44.4. The van der Waals surface area contributed by atoms with Crippen molar-refractivity contribution < 1.29 is 13.2 Å². The summed E-state index contributed by atoms with van der Waals surface area (Å²) in [7, 11) is 0. The van der Waals surface area contributed by atoms with E-state index in [1.54, 1.807) is 24.3 Å². The molecule has 0 spiro atoms. The van der Waals surface area contributed by atoms with Crippen LogP contribution in [0.2, 0.25) is 0 Å². The standard InChI is InChI=1S/C26H18F3N/c1-17-16-30(23-14-8-7-12-20(17)23)25(18-9-3-2-4-10-18)24-21-13-6-5-11-19(21)15-22(24)26(27,28)29/h2-16H,1H3/b25-24-. The highest BCUT2D eigenvalue weighted by Gasteiger charge is 2.41. The first-order valence-electron chi connectivity index (χ1n) is 9.70. The van der Waals surface area contributed by atoms with Gasteiger partial charge >= 0.3 is 6.18 Å². The van der Waals surface area contributed by atoms with Gasteiger partial charge in [0.15, 0.2) is 0 Å². The van der Waals surface area contributed by atoms with Gasteiger partial charge in [0.2, 0.25) is 0 Å². The van der Waals surface area contributed by atoms with Crippen LogP contribution in [0.1, 0.15) is 22.3 Å². The van der Waals surface area contributed by atoms with Crippen LogP contribution in [-0.2, 0) is 0 Å². The number of hydrogen-bond donors (Lipinski definition) is 0. The van der Waals surface area contributed by atoms with Crippen molar-refractivity contribution in [3.8, 4) is 0 Å². The highest BCUT2D eigenvalue weighted by molar-refractivity contribution is 6.08. The molecule has 1 nitrogen and oxygen atoms in total. The average molecular weight is 401 g/mol. The fourth-order valence-electron chi connectivity index (χ4n) is 4.24. The lowest BCUT2D eigenvalue weighted by atomic mass is 9.96. The zero-order valence-electron chi connectivity index (χ0n) is 16.2. The molecule has 0 amide bonds. The van der Waals surface area contributed by atoms with Crippen molar-refractivity contribution in [3.63, 3.8) is 0 Å². The third-order valence-electron chi connectivity index (χ3n) is 5.54. The first-order chi connectivity index (χ1) is 14.4. The molecular formula is C26H18F3N. The summed E-state index contributed by atoms with van der Waals surface area (Å²) in [6.45, 7) is 1.98. The molecule has 0 radical (unpaired) electrons. The quantitative estimate of drug-likeness (QED) is 0.331. The number of aromatic nitrogens is 1. The van der Waals surface area contributed by atoms with Gasteiger partial charge in [-0.15, -0.1) is 0 Å². The number of aryl methyl sites for hydroxylation is 1. The second-order valence-corrected chi connectivity index (χ2v) is 7.43. The SMILES string of the molecule is Cc1cn(/C(=C2\C(C(F)(F)F)=Cc3ccccc32)c2ccccc2)c2ccccc12. The van der Waals surface area contributed by atoms with E-state index in [1.165, 1.54) is 6.08 Å². The number of fused-ring (bicyclic) bond motifs is 2. The molecule has 1 aliphatic rings. The van der Waals surface area contributed by atoms with E-state index in [9.17, 15) is 13.2 Å². The van der Waals surface area contributed by atoms with Crippen LogP contribution in [0.5, 0.6) is 0 Å². The van der Waals surface area contributed by atoms with Gasteiger partial charge in [-0.25, -0.2) is 0 Å². The summed E-state index contributed by atoms with van der Waals surface area (Å²) >= 11 is 0. The number of rotatable bonds is 2. The minimum Gasteiger partial charge on any atom is -0.315 e. The minimum atomic E-state index is -4.47. The molecule has 0 fully saturated rings. The topological polar surface area (TPSA) is 4.93 Å². The van der Waals surface area contributed by atoms with Crippen molar-refractivity contribution in [1.82, 2.24) is 4.57 Å². The van der Waals surface area contributed by atoms with Crippen LogP contribution in [0, 0.1) is 6.92 Å². The maximum Gasteiger partial charge on any atom is 0.417 e. The van der Waals surface area contributed by atoms with Crippen molar-refractivity contribution in [2.45, 2.75) is 13.1 Å². The lowest BCUT2D eigenvalue weighted by Crippen LogP contribution is -2.13. The molecule has 0 atom stereocenters. The Morgan fingerprint density at radius 1 is 0.800 bits per heavy atom. The zero-order chi connectivity index (χ0) is 20.9. The molecule has 1 heterocycles. The molecule has 1 aromatic heterocycles. The van der Waals surface area contributed by atoms with E-state index in [1.807, 2.05) is 72.3 Å².